The Morgan fingerprint density at radius 1 is 1.40 bits per heavy atom. The Balaban J connectivity index is 2.01. The minimum absolute atomic E-state index is 0.255. The standard InChI is InChI=1S/C12H13BrOS/c13-8-2-3-9-10(14)7-12(4-1-5-12)15-11(9)6-8/h2-3,6,10,14H,1,4-5,7H2. The van der Waals surface area contributed by atoms with Crippen molar-refractivity contribution in [2.45, 2.75) is 41.4 Å². The van der Waals surface area contributed by atoms with Gasteiger partial charge in [-0.2, -0.15) is 0 Å². The van der Waals surface area contributed by atoms with Gasteiger partial charge in [0, 0.05) is 14.1 Å². The van der Waals surface area contributed by atoms with E-state index < -0.39 is 0 Å². The van der Waals surface area contributed by atoms with Gasteiger partial charge in [0.1, 0.15) is 0 Å². The predicted molar refractivity (Wildman–Crippen MR) is 66.2 cm³/mol. The molecule has 0 bridgehead atoms. The van der Waals surface area contributed by atoms with Crippen molar-refractivity contribution < 1.29 is 5.11 Å². The van der Waals surface area contributed by atoms with Crippen LogP contribution in [0.4, 0.5) is 0 Å². The number of fused-ring (bicyclic) bond motifs is 1. The highest BCUT2D eigenvalue weighted by Crippen LogP contribution is 2.57. The summed E-state index contributed by atoms with van der Waals surface area (Å²) in [6.07, 6.45) is 4.53. The zero-order valence-corrected chi connectivity index (χ0v) is 10.8. The highest BCUT2D eigenvalue weighted by atomic mass is 79.9. The van der Waals surface area contributed by atoms with Crippen molar-refractivity contribution in [1.29, 1.82) is 0 Å². The summed E-state index contributed by atoms with van der Waals surface area (Å²) in [5.41, 5.74) is 1.11. The van der Waals surface area contributed by atoms with Crippen LogP contribution in [-0.2, 0) is 0 Å². The molecule has 3 heteroatoms. The van der Waals surface area contributed by atoms with E-state index in [0.717, 1.165) is 16.5 Å². The number of benzene rings is 1. The molecule has 1 saturated carbocycles. The van der Waals surface area contributed by atoms with E-state index >= 15 is 0 Å². The second kappa shape index (κ2) is 3.51. The predicted octanol–water partition coefficient (Wildman–Crippen LogP) is 3.90. The van der Waals surface area contributed by atoms with Gasteiger partial charge in [-0.25, -0.2) is 0 Å². The molecular weight excluding hydrogens is 272 g/mol. The largest absolute Gasteiger partial charge is 0.388 e. The van der Waals surface area contributed by atoms with E-state index in [2.05, 4.69) is 22.0 Å². The van der Waals surface area contributed by atoms with Crippen LogP contribution in [0.3, 0.4) is 0 Å². The zero-order chi connectivity index (χ0) is 10.5. The Morgan fingerprint density at radius 3 is 2.87 bits per heavy atom. The summed E-state index contributed by atoms with van der Waals surface area (Å²) in [4.78, 5) is 1.27. The Labute approximate surface area is 102 Å². The molecule has 1 aromatic carbocycles. The summed E-state index contributed by atoms with van der Waals surface area (Å²) in [6, 6.07) is 6.20. The Morgan fingerprint density at radius 2 is 2.20 bits per heavy atom. The lowest BCUT2D eigenvalue weighted by Gasteiger charge is -2.46. The van der Waals surface area contributed by atoms with Crippen molar-refractivity contribution in [3.8, 4) is 0 Å². The third-order valence-electron chi connectivity index (χ3n) is 3.49. The lowest BCUT2D eigenvalue weighted by atomic mass is 9.79. The topological polar surface area (TPSA) is 20.2 Å². The van der Waals surface area contributed by atoms with Gasteiger partial charge in [0.15, 0.2) is 0 Å². The molecule has 15 heavy (non-hydrogen) atoms. The maximum Gasteiger partial charge on any atom is 0.0814 e. The highest BCUT2D eigenvalue weighted by molar-refractivity contribution is 9.10. The Hall–Kier alpha value is 0.01000. The third kappa shape index (κ3) is 1.65. The molecule has 1 heterocycles. The normalized spacial score (nSPS) is 27.2. The van der Waals surface area contributed by atoms with Crippen LogP contribution >= 0.6 is 27.7 Å². The van der Waals surface area contributed by atoms with Crippen molar-refractivity contribution in [2.24, 2.45) is 0 Å². The first kappa shape index (κ1) is 10.2. The van der Waals surface area contributed by atoms with Gasteiger partial charge in [-0.1, -0.05) is 28.4 Å². The molecule has 1 fully saturated rings. The summed E-state index contributed by atoms with van der Waals surface area (Å²) in [5, 5.41) is 10.1. The quantitative estimate of drug-likeness (QED) is 0.780. The van der Waals surface area contributed by atoms with E-state index in [9.17, 15) is 5.11 Å². The Bertz CT molecular complexity index is 401. The lowest BCUT2D eigenvalue weighted by Crippen LogP contribution is -2.37. The first-order valence-electron chi connectivity index (χ1n) is 5.35. The monoisotopic (exact) mass is 284 g/mol. The molecule has 1 atom stereocenters. The van der Waals surface area contributed by atoms with Crippen molar-refractivity contribution in [3.63, 3.8) is 0 Å². The molecule has 1 N–H and O–H groups in total. The minimum atomic E-state index is -0.255. The van der Waals surface area contributed by atoms with E-state index in [0.29, 0.717) is 4.75 Å². The second-order valence-corrected chi connectivity index (χ2v) is 6.97. The molecule has 0 saturated heterocycles. The number of aliphatic hydroxyl groups excluding tert-OH is 1. The SMILES string of the molecule is OC1CC2(CCC2)Sc2cc(Br)ccc21. The smallest absolute Gasteiger partial charge is 0.0814 e. The minimum Gasteiger partial charge on any atom is -0.388 e. The lowest BCUT2D eigenvalue weighted by molar-refractivity contribution is 0.125. The van der Waals surface area contributed by atoms with Crippen LogP contribution in [0.25, 0.3) is 0 Å². The average Bonchev–Trinajstić information content (AvgIpc) is 2.14. The molecule has 1 aromatic rings. The summed E-state index contributed by atoms with van der Waals surface area (Å²) in [6.45, 7) is 0. The van der Waals surface area contributed by atoms with Gasteiger partial charge in [-0.3, -0.25) is 0 Å². The van der Waals surface area contributed by atoms with E-state index in [-0.39, 0.29) is 6.10 Å². The van der Waals surface area contributed by atoms with E-state index in [1.807, 2.05) is 23.9 Å². The molecule has 0 aromatic heterocycles. The summed E-state index contributed by atoms with van der Waals surface area (Å²) in [5.74, 6) is 0. The first-order valence-corrected chi connectivity index (χ1v) is 6.96. The molecule has 1 aliphatic carbocycles. The van der Waals surface area contributed by atoms with Crippen LogP contribution in [0.2, 0.25) is 0 Å². The maximum absolute atomic E-state index is 10.1. The van der Waals surface area contributed by atoms with Crippen LogP contribution < -0.4 is 0 Å². The zero-order valence-electron chi connectivity index (χ0n) is 8.37. The summed E-state index contributed by atoms with van der Waals surface area (Å²) in [7, 11) is 0. The molecule has 1 spiro atoms. The molecule has 0 amide bonds. The van der Waals surface area contributed by atoms with E-state index in [4.69, 9.17) is 0 Å². The molecule has 80 valence electrons. The fraction of sp³-hybridized carbons (Fsp3) is 0.500. The highest BCUT2D eigenvalue weighted by Gasteiger charge is 2.43. The maximum atomic E-state index is 10.1. The Kier molecular flexibility index (Phi) is 2.38. The van der Waals surface area contributed by atoms with Crippen molar-refractivity contribution in [2.75, 3.05) is 0 Å². The molecular formula is C12H13BrOS. The number of halogens is 1. The molecule has 0 radical (unpaired) electrons. The van der Waals surface area contributed by atoms with Crippen LogP contribution in [0.5, 0.6) is 0 Å². The number of rotatable bonds is 0. The van der Waals surface area contributed by atoms with Gasteiger partial charge in [0.25, 0.3) is 0 Å². The fourth-order valence-corrected chi connectivity index (χ4v) is 4.71. The summed E-state index contributed by atoms with van der Waals surface area (Å²) >= 11 is 5.47. The fourth-order valence-electron chi connectivity index (χ4n) is 2.49. The van der Waals surface area contributed by atoms with Gasteiger partial charge in [0.2, 0.25) is 0 Å². The van der Waals surface area contributed by atoms with E-state index in [1.54, 1.807) is 0 Å². The van der Waals surface area contributed by atoms with Gasteiger partial charge in [-0.15, -0.1) is 11.8 Å². The van der Waals surface area contributed by atoms with Crippen molar-refractivity contribution >= 4 is 27.7 Å². The van der Waals surface area contributed by atoms with Gasteiger partial charge in [-0.05, 0) is 37.0 Å². The van der Waals surface area contributed by atoms with Crippen LogP contribution in [0.15, 0.2) is 27.6 Å². The van der Waals surface area contributed by atoms with Gasteiger partial charge < -0.3 is 5.11 Å². The molecule has 3 rings (SSSR count). The number of hydrogen-bond acceptors (Lipinski definition) is 2. The van der Waals surface area contributed by atoms with Crippen molar-refractivity contribution in [1.82, 2.24) is 0 Å². The molecule has 1 nitrogen and oxygen atoms in total. The van der Waals surface area contributed by atoms with Gasteiger partial charge in [0.05, 0.1) is 6.10 Å². The number of thioether (sulfide) groups is 1. The van der Waals surface area contributed by atoms with Crippen LogP contribution in [-0.4, -0.2) is 9.85 Å². The second-order valence-electron chi connectivity index (χ2n) is 4.54. The number of hydrogen-bond donors (Lipinski definition) is 1. The van der Waals surface area contributed by atoms with Crippen LogP contribution in [0, 0.1) is 0 Å². The average molecular weight is 285 g/mol. The van der Waals surface area contributed by atoms with E-state index in [1.165, 1.54) is 24.2 Å². The molecule has 1 aliphatic heterocycles. The van der Waals surface area contributed by atoms with Gasteiger partial charge >= 0.3 is 0 Å². The number of aliphatic hydroxyl groups is 1. The molecule has 1 unspecified atom stereocenters. The van der Waals surface area contributed by atoms with Crippen molar-refractivity contribution in [3.05, 3.63) is 28.2 Å². The molecule has 2 aliphatic rings. The summed E-state index contributed by atoms with van der Waals surface area (Å²) < 4.78 is 1.46. The van der Waals surface area contributed by atoms with Crippen LogP contribution in [0.1, 0.15) is 37.4 Å². The third-order valence-corrected chi connectivity index (χ3v) is 5.57. The first-order chi connectivity index (χ1) is 7.19.